The van der Waals surface area contributed by atoms with Crippen LogP contribution in [0, 0.1) is 6.92 Å². The molecule has 168 valence electrons. The largest absolute Gasteiger partial charge is 0.467 e. The Balaban J connectivity index is 1.39. The van der Waals surface area contributed by atoms with E-state index in [1.165, 1.54) is 21.9 Å². The monoisotopic (exact) mass is 463 g/mol. The molecule has 2 aromatic heterocycles. The van der Waals surface area contributed by atoms with Crippen LogP contribution in [0.4, 0.5) is 0 Å². The van der Waals surface area contributed by atoms with Crippen LogP contribution in [0.15, 0.2) is 69.2 Å². The fourth-order valence-corrected chi connectivity index (χ4v) is 4.31. The average molecular weight is 464 g/mol. The number of fused-ring (bicyclic) bond motifs is 2. The molecule has 0 spiro atoms. The van der Waals surface area contributed by atoms with E-state index in [9.17, 15) is 9.59 Å². The van der Waals surface area contributed by atoms with E-state index in [1.54, 1.807) is 30.5 Å². The lowest BCUT2D eigenvalue weighted by Gasteiger charge is -2.13. The summed E-state index contributed by atoms with van der Waals surface area (Å²) < 4.78 is 17.8. The zero-order chi connectivity index (χ0) is 22.8. The second-order valence-corrected chi connectivity index (χ2v) is 8.58. The number of aryl methyl sites for hydroxylation is 1. The molecule has 0 bridgehead atoms. The predicted octanol–water partition coefficient (Wildman–Crippen LogP) is 3.48. The summed E-state index contributed by atoms with van der Waals surface area (Å²) in [6, 6.07) is 14.9. The van der Waals surface area contributed by atoms with Gasteiger partial charge in [0.25, 0.3) is 5.56 Å². The highest BCUT2D eigenvalue weighted by molar-refractivity contribution is 7.99. The summed E-state index contributed by atoms with van der Waals surface area (Å²) in [5.74, 6) is 1.65. The van der Waals surface area contributed by atoms with E-state index in [1.807, 2.05) is 31.2 Å². The molecular weight excluding hydrogens is 442 g/mol. The summed E-state index contributed by atoms with van der Waals surface area (Å²) in [6.45, 7) is 2.77. The highest BCUT2D eigenvalue weighted by atomic mass is 32.2. The number of ether oxygens (including phenoxy) is 2. The van der Waals surface area contributed by atoms with E-state index in [2.05, 4.69) is 10.3 Å². The van der Waals surface area contributed by atoms with Crippen LogP contribution in [0.1, 0.15) is 16.9 Å². The second-order valence-electron chi connectivity index (χ2n) is 7.64. The zero-order valence-electron chi connectivity index (χ0n) is 17.9. The number of nitrogens with zero attached hydrogens (tertiary/aromatic N) is 2. The molecule has 0 aliphatic carbocycles. The van der Waals surface area contributed by atoms with Crippen molar-refractivity contribution in [2.75, 3.05) is 12.5 Å². The smallest absolute Gasteiger partial charge is 0.262 e. The zero-order valence-corrected chi connectivity index (χ0v) is 18.7. The summed E-state index contributed by atoms with van der Waals surface area (Å²) in [7, 11) is 0. The molecule has 0 saturated carbocycles. The van der Waals surface area contributed by atoms with Crippen molar-refractivity contribution in [3.05, 3.63) is 82.0 Å². The van der Waals surface area contributed by atoms with Crippen LogP contribution < -0.4 is 20.3 Å². The van der Waals surface area contributed by atoms with Gasteiger partial charge in [0.2, 0.25) is 12.7 Å². The average Bonchev–Trinajstić information content (AvgIpc) is 3.50. The van der Waals surface area contributed by atoms with Gasteiger partial charge in [-0.2, -0.15) is 0 Å². The quantitative estimate of drug-likeness (QED) is 0.331. The minimum absolute atomic E-state index is 0.106. The molecule has 9 heteroatoms. The van der Waals surface area contributed by atoms with Crippen molar-refractivity contribution in [3.63, 3.8) is 0 Å². The number of benzene rings is 2. The Morgan fingerprint density at radius 2 is 1.94 bits per heavy atom. The Bertz CT molecular complexity index is 1360. The van der Waals surface area contributed by atoms with Crippen molar-refractivity contribution in [1.29, 1.82) is 0 Å². The Morgan fingerprint density at radius 1 is 1.15 bits per heavy atom. The lowest BCUT2D eigenvalue weighted by molar-refractivity contribution is -0.118. The molecule has 1 N–H and O–H groups in total. The number of hydrogen-bond acceptors (Lipinski definition) is 7. The second kappa shape index (κ2) is 9.03. The summed E-state index contributed by atoms with van der Waals surface area (Å²) in [5.41, 5.74) is 2.44. The first-order valence-corrected chi connectivity index (χ1v) is 11.4. The minimum atomic E-state index is -0.239. The summed E-state index contributed by atoms with van der Waals surface area (Å²) >= 11 is 1.20. The number of carbonyl (C=O) groups is 1. The highest BCUT2D eigenvalue weighted by Gasteiger charge is 2.20. The molecule has 1 aliphatic rings. The van der Waals surface area contributed by atoms with Crippen LogP contribution in [0.25, 0.3) is 10.9 Å². The third kappa shape index (κ3) is 4.58. The molecule has 2 aromatic carbocycles. The summed E-state index contributed by atoms with van der Waals surface area (Å²) in [4.78, 5) is 30.5. The first kappa shape index (κ1) is 21.1. The number of thioether (sulfide) groups is 1. The van der Waals surface area contributed by atoms with E-state index in [4.69, 9.17) is 13.9 Å². The Morgan fingerprint density at radius 3 is 2.70 bits per heavy atom. The van der Waals surface area contributed by atoms with Gasteiger partial charge >= 0.3 is 0 Å². The SMILES string of the molecule is Cc1ccc(CNC(=O)CSc2nc3cc4c(cc3c(=O)n2Cc2ccco2)OCO4)cc1. The van der Waals surface area contributed by atoms with Crippen molar-refractivity contribution in [3.8, 4) is 11.5 Å². The van der Waals surface area contributed by atoms with Crippen molar-refractivity contribution >= 4 is 28.6 Å². The third-order valence-corrected chi connectivity index (χ3v) is 6.23. The summed E-state index contributed by atoms with van der Waals surface area (Å²) in [5, 5.41) is 3.75. The van der Waals surface area contributed by atoms with Crippen molar-refractivity contribution < 1.29 is 18.7 Å². The maximum Gasteiger partial charge on any atom is 0.262 e. The molecule has 1 aliphatic heterocycles. The predicted molar refractivity (Wildman–Crippen MR) is 124 cm³/mol. The normalized spacial score (nSPS) is 12.3. The number of aromatic nitrogens is 2. The molecule has 0 atom stereocenters. The molecule has 5 rings (SSSR count). The number of amides is 1. The van der Waals surface area contributed by atoms with Crippen LogP contribution in [0.3, 0.4) is 0 Å². The molecule has 1 amide bonds. The van der Waals surface area contributed by atoms with Gasteiger partial charge in [-0.05, 0) is 30.7 Å². The van der Waals surface area contributed by atoms with Crippen LogP contribution in [-0.4, -0.2) is 28.0 Å². The molecular formula is C24H21N3O5S. The standard InChI is InChI=1S/C24H21N3O5S/c1-15-4-6-16(7-5-15)11-25-22(28)13-33-24-26-19-10-21-20(31-14-32-21)9-18(19)23(29)27(24)12-17-3-2-8-30-17/h2-10H,11-14H2,1H3,(H,25,28). The molecule has 8 nitrogen and oxygen atoms in total. The molecule has 33 heavy (non-hydrogen) atoms. The van der Waals surface area contributed by atoms with Gasteiger partial charge in [0.1, 0.15) is 5.76 Å². The topological polar surface area (TPSA) is 95.6 Å². The Kier molecular flexibility index (Phi) is 5.78. The maximum absolute atomic E-state index is 13.3. The first-order valence-electron chi connectivity index (χ1n) is 10.4. The van der Waals surface area contributed by atoms with Crippen LogP contribution in [0.2, 0.25) is 0 Å². The number of nitrogens with one attached hydrogen (secondary N) is 1. The maximum atomic E-state index is 13.3. The van der Waals surface area contributed by atoms with E-state index >= 15 is 0 Å². The lowest BCUT2D eigenvalue weighted by Crippen LogP contribution is -2.27. The van der Waals surface area contributed by atoms with Gasteiger partial charge in [0, 0.05) is 12.6 Å². The molecule has 0 fully saturated rings. The van der Waals surface area contributed by atoms with E-state index in [-0.39, 0.29) is 30.6 Å². The van der Waals surface area contributed by atoms with Crippen LogP contribution >= 0.6 is 11.8 Å². The van der Waals surface area contributed by atoms with Crippen molar-refractivity contribution in [2.45, 2.75) is 25.2 Å². The van der Waals surface area contributed by atoms with Gasteiger partial charge in [0.05, 0.1) is 29.5 Å². The highest BCUT2D eigenvalue weighted by Crippen LogP contribution is 2.35. The van der Waals surface area contributed by atoms with Gasteiger partial charge in [-0.3, -0.25) is 14.2 Å². The van der Waals surface area contributed by atoms with Crippen LogP contribution in [-0.2, 0) is 17.9 Å². The van der Waals surface area contributed by atoms with Crippen LogP contribution in [0.5, 0.6) is 11.5 Å². The van der Waals surface area contributed by atoms with Gasteiger partial charge in [-0.1, -0.05) is 41.6 Å². The fourth-order valence-electron chi connectivity index (χ4n) is 3.49. The molecule has 0 radical (unpaired) electrons. The fraction of sp³-hybridized carbons (Fsp3) is 0.208. The Hall–Kier alpha value is -3.72. The third-order valence-electron chi connectivity index (χ3n) is 5.25. The van der Waals surface area contributed by atoms with Gasteiger partial charge < -0.3 is 19.2 Å². The number of furan rings is 1. The Labute approximate surface area is 193 Å². The molecule has 0 saturated heterocycles. The lowest BCUT2D eigenvalue weighted by atomic mass is 10.1. The van der Waals surface area contributed by atoms with Crippen molar-refractivity contribution in [2.24, 2.45) is 0 Å². The van der Waals surface area contributed by atoms with Crippen molar-refractivity contribution in [1.82, 2.24) is 14.9 Å². The molecule has 0 unspecified atom stereocenters. The number of rotatable bonds is 7. The van der Waals surface area contributed by atoms with E-state index in [0.717, 1.165) is 5.56 Å². The van der Waals surface area contributed by atoms with E-state index < -0.39 is 0 Å². The molecule has 4 aromatic rings. The minimum Gasteiger partial charge on any atom is -0.467 e. The van der Waals surface area contributed by atoms with Gasteiger partial charge in [-0.15, -0.1) is 0 Å². The number of carbonyl (C=O) groups excluding carboxylic acids is 1. The summed E-state index contributed by atoms with van der Waals surface area (Å²) in [6.07, 6.45) is 1.55. The van der Waals surface area contributed by atoms with Gasteiger partial charge in [0.15, 0.2) is 16.7 Å². The first-order chi connectivity index (χ1) is 16.1. The molecule has 3 heterocycles. The number of hydrogen-bond donors (Lipinski definition) is 1. The van der Waals surface area contributed by atoms with Gasteiger partial charge in [-0.25, -0.2) is 4.98 Å². The van der Waals surface area contributed by atoms with E-state index in [0.29, 0.717) is 39.9 Å².